The van der Waals surface area contributed by atoms with Crippen molar-refractivity contribution in [1.82, 2.24) is 20.2 Å². The molecule has 0 spiro atoms. The molecule has 0 bridgehead atoms. The van der Waals surface area contributed by atoms with Crippen LogP contribution < -0.4 is 5.73 Å². The molecule has 0 fully saturated rings. The molecule has 0 aliphatic rings. The summed E-state index contributed by atoms with van der Waals surface area (Å²) < 4.78 is 12.3. The summed E-state index contributed by atoms with van der Waals surface area (Å²) in [6.45, 7) is 0.867. The Morgan fingerprint density at radius 1 is 1.67 bits per heavy atom. The molecule has 0 radical (unpaired) electrons. The molecule has 1 unspecified atom stereocenters. The first-order valence-corrected chi connectivity index (χ1v) is 5.22. The van der Waals surface area contributed by atoms with E-state index in [9.17, 15) is 4.21 Å². The largest absolute Gasteiger partial charge is 0.324 e. The Morgan fingerprint density at radius 3 is 3.00 bits per heavy atom. The van der Waals surface area contributed by atoms with Gasteiger partial charge in [-0.2, -0.15) is 0 Å². The van der Waals surface area contributed by atoms with E-state index in [2.05, 4.69) is 15.5 Å². The van der Waals surface area contributed by atoms with Gasteiger partial charge in [0, 0.05) is 22.8 Å². The van der Waals surface area contributed by atoms with Crippen LogP contribution in [0.4, 0.5) is 0 Å². The van der Waals surface area contributed by atoms with Gasteiger partial charge >= 0.3 is 0 Å². The van der Waals surface area contributed by atoms with Gasteiger partial charge in [0.25, 0.3) is 0 Å². The minimum absolute atomic E-state index is 0.309. The molecule has 0 aliphatic heterocycles. The second-order valence-electron chi connectivity index (χ2n) is 2.30. The number of nitrogens with zero attached hydrogens (tertiary/aromatic N) is 4. The standard InChI is InChI=1S/C5H11N5OS/c1-12(11)3-2-10-5(4-6)7-8-9-10/h2-4,6H2,1H3. The Hall–Kier alpha value is -0.820. The van der Waals surface area contributed by atoms with E-state index < -0.39 is 10.8 Å². The fraction of sp³-hybridized carbons (Fsp3) is 0.800. The highest BCUT2D eigenvalue weighted by Crippen LogP contribution is 1.90. The van der Waals surface area contributed by atoms with Gasteiger partial charge in [-0.05, 0) is 10.4 Å². The Bertz CT molecular complexity index is 273. The van der Waals surface area contributed by atoms with Crippen molar-refractivity contribution in [1.29, 1.82) is 0 Å². The van der Waals surface area contributed by atoms with Crippen molar-refractivity contribution in [2.75, 3.05) is 12.0 Å². The normalized spacial score (nSPS) is 13.2. The van der Waals surface area contributed by atoms with Crippen molar-refractivity contribution in [2.24, 2.45) is 5.73 Å². The maximum atomic E-state index is 10.7. The summed E-state index contributed by atoms with van der Waals surface area (Å²) in [5, 5.41) is 10.8. The molecule has 1 atom stereocenters. The van der Waals surface area contributed by atoms with Crippen LogP contribution in [0, 0.1) is 0 Å². The van der Waals surface area contributed by atoms with Gasteiger partial charge in [-0.3, -0.25) is 4.21 Å². The third-order valence-corrected chi connectivity index (χ3v) is 2.14. The predicted molar refractivity (Wildman–Crippen MR) is 44.6 cm³/mol. The number of hydrogen-bond acceptors (Lipinski definition) is 5. The molecular formula is C5H11N5OS. The number of nitrogens with two attached hydrogens (primary N) is 1. The Kier molecular flexibility index (Phi) is 3.30. The lowest BCUT2D eigenvalue weighted by atomic mass is 10.6. The van der Waals surface area contributed by atoms with Gasteiger partial charge in [-0.1, -0.05) is 0 Å². The molecule has 0 saturated heterocycles. The van der Waals surface area contributed by atoms with Crippen LogP contribution in [-0.2, 0) is 23.9 Å². The quantitative estimate of drug-likeness (QED) is 0.623. The summed E-state index contributed by atoms with van der Waals surface area (Å²) in [5.74, 6) is 1.18. The smallest absolute Gasteiger partial charge is 0.164 e. The maximum absolute atomic E-state index is 10.7. The Labute approximate surface area is 72.6 Å². The lowest BCUT2D eigenvalue weighted by Crippen LogP contribution is -2.13. The Morgan fingerprint density at radius 2 is 2.42 bits per heavy atom. The zero-order chi connectivity index (χ0) is 8.97. The summed E-state index contributed by atoms with van der Waals surface area (Å²) in [5.41, 5.74) is 5.36. The monoisotopic (exact) mass is 189 g/mol. The first kappa shape index (κ1) is 9.27. The highest BCUT2D eigenvalue weighted by Gasteiger charge is 2.03. The minimum Gasteiger partial charge on any atom is -0.324 e. The number of aromatic nitrogens is 4. The van der Waals surface area contributed by atoms with Crippen molar-refractivity contribution in [3.63, 3.8) is 0 Å². The minimum atomic E-state index is -0.818. The van der Waals surface area contributed by atoms with Crippen LogP contribution in [0.15, 0.2) is 0 Å². The first-order valence-electron chi connectivity index (χ1n) is 3.49. The maximum Gasteiger partial charge on any atom is 0.164 e. The Balaban J connectivity index is 2.56. The van der Waals surface area contributed by atoms with Crippen LogP contribution in [0.25, 0.3) is 0 Å². The van der Waals surface area contributed by atoms with Crippen molar-refractivity contribution < 1.29 is 4.21 Å². The molecule has 1 aromatic heterocycles. The van der Waals surface area contributed by atoms with Gasteiger partial charge in [0.1, 0.15) is 0 Å². The van der Waals surface area contributed by atoms with Crippen LogP contribution in [0.1, 0.15) is 5.82 Å². The molecule has 0 saturated carbocycles. The molecule has 12 heavy (non-hydrogen) atoms. The third-order valence-electron chi connectivity index (χ3n) is 1.38. The van der Waals surface area contributed by atoms with Gasteiger partial charge in [0.15, 0.2) is 5.82 Å². The summed E-state index contributed by atoms with van der Waals surface area (Å²) in [4.78, 5) is 0. The van der Waals surface area contributed by atoms with Crippen LogP contribution >= 0.6 is 0 Å². The average Bonchev–Trinajstić information content (AvgIpc) is 2.47. The van der Waals surface area contributed by atoms with Crippen LogP contribution in [0.5, 0.6) is 0 Å². The molecule has 68 valence electrons. The molecule has 1 aromatic rings. The molecular weight excluding hydrogens is 178 g/mol. The van der Waals surface area contributed by atoms with Crippen molar-refractivity contribution >= 4 is 10.8 Å². The fourth-order valence-electron chi connectivity index (χ4n) is 0.758. The van der Waals surface area contributed by atoms with Crippen molar-refractivity contribution in [3.05, 3.63) is 5.82 Å². The van der Waals surface area contributed by atoms with Crippen LogP contribution in [-0.4, -0.2) is 36.4 Å². The summed E-state index contributed by atoms with van der Waals surface area (Å²) in [7, 11) is -0.818. The van der Waals surface area contributed by atoms with E-state index in [0.717, 1.165) is 0 Å². The average molecular weight is 189 g/mol. The zero-order valence-corrected chi connectivity index (χ0v) is 7.62. The molecule has 0 amide bonds. The van der Waals surface area contributed by atoms with E-state index in [1.54, 1.807) is 10.9 Å². The third kappa shape index (κ3) is 2.35. The van der Waals surface area contributed by atoms with E-state index in [-0.39, 0.29) is 0 Å². The zero-order valence-electron chi connectivity index (χ0n) is 6.80. The summed E-state index contributed by atoms with van der Waals surface area (Å²) in [6.07, 6.45) is 1.65. The molecule has 1 rings (SSSR count). The van der Waals surface area contributed by atoms with Crippen LogP contribution in [0.2, 0.25) is 0 Å². The molecule has 1 heterocycles. The lowest BCUT2D eigenvalue weighted by Gasteiger charge is -1.99. The molecule has 2 N–H and O–H groups in total. The number of rotatable bonds is 4. The van der Waals surface area contributed by atoms with E-state index in [1.165, 1.54) is 0 Å². The highest BCUT2D eigenvalue weighted by molar-refractivity contribution is 7.84. The van der Waals surface area contributed by atoms with E-state index in [4.69, 9.17) is 5.73 Å². The second-order valence-corrected chi connectivity index (χ2v) is 3.85. The van der Waals surface area contributed by atoms with Gasteiger partial charge in [0.2, 0.25) is 0 Å². The van der Waals surface area contributed by atoms with Gasteiger partial charge in [-0.15, -0.1) is 5.10 Å². The lowest BCUT2D eigenvalue weighted by molar-refractivity contribution is 0.596. The topological polar surface area (TPSA) is 86.7 Å². The van der Waals surface area contributed by atoms with Gasteiger partial charge < -0.3 is 5.73 Å². The fourth-order valence-corrected chi connectivity index (χ4v) is 1.19. The molecule has 7 heteroatoms. The summed E-state index contributed by atoms with van der Waals surface area (Å²) in [6, 6.07) is 0. The highest BCUT2D eigenvalue weighted by atomic mass is 32.2. The summed E-state index contributed by atoms with van der Waals surface area (Å²) >= 11 is 0. The number of tetrazole rings is 1. The van der Waals surface area contributed by atoms with Gasteiger partial charge in [-0.25, -0.2) is 4.68 Å². The van der Waals surface area contributed by atoms with Crippen LogP contribution in [0.3, 0.4) is 0 Å². The molecule has 0 aromatic carbocycles. The number of hydrogen-bond donors (Lipinski definition) is 1. The van der Waals surface area contributed by atoms with Crippen molar-refractivity contribution in [3.8, 4) is 0 Å². The van der Waals surface area contributed by atoms with Gasteiger partial charge in [0.05, 0.1) is 13.1 Å². The van der Waals surface area contributed by atoms with E-state index in [1.807, 2.05) is 0 Å². The predicted octanol–water partition coefficient (Wildman–Crippen LogP) is -1.49. The molecule has 6 nitrogen and oxygen atoms in total. The number of aryl methyl sites for hydroxylation is 1. The molecule has 0 aliphatic carbocycles. The van der Waals surface area contributed by atoms with E-state index >= 15 is 0 Å². The second kappa shape index (κ2) is 4.27. The van der Waals surface area contributed by atoms with Crippen molar-refractivity contribution in [2.45, 2.75) is 13.1 Å². The first-order chi connectivity index (χ1) is 5.74. The SMILES string of the molecule is CS(=O)CCn1nnnc1CN. The van der Waals surface area contributed by atoms with E-state index in [0.29, 0.717) is 24.7 Å².